The van der Waals surface area contributed by atoms with E-state index in [1.807, 2.05) is 42.5 Å². The Morgan fingerprint density at radius 1 is 0.806 bits per heavy atom. The van der Waals surface area contributed by atoms with E-state index in [0.29, 0.717) is 0 Å². The third-order valence-corrected chi connectivity index (χ3v) is 5.66. The van der Waals surface area contributed by atoms with Gasteiger partial charge >= 0.3 is 28.4 Å². The number of rotatable bonds is 0. The van der Waals surface area contributed by atoms with Gasteiger partial charge in [0.25, 0.3) is 0 Å². The molecule has 0 aliphatic heterocycles. The Kier molecular flexibility index (Phi) is 15.7. The first-order valence-corrected chi connectivity index (χ1v) is 13.6. The second kappa shape index (κ2) is 16.3. The summed E-state index contributed by atoms with van der Waals surface area (Å²) in [6, 6.07) is 27.7. The van der Waals surface area contributed by atoms with Crippen molar-refractivity contribution in [2.75, 3.05) is 0 Å². The van der Waals surface area contributed by atoms with Crippen molar-refractivity contribution >= 4 is 29.0 Å². The van der Waals surface area contributed by atoms with Crippen LogP contribution in [0.1, 0.15) is 70.2 Å². The number of hydrogen-bond donors (Lipinski definition) is 0. The van der Waals surface area contributed by atoms with Crippen LogP contribution in [0, 0.1) is 18.2 Å². The Bertz CT molecular complexity index is 1000. The summed E-state index contributed by atoms with van der Waals surface area (Å²) < 4.78 is 3.34. The molecule has 0 bridgehead atoms. The Morgan fingerprint density at radius 2 is 1.44 bits per heavy atom. The van der Waals surface area contributed by atoms with Gasteiger partial charge in [-0.3, -0.25) is 6.08 Å². The number of halogens is 2. The van der Waals surface area contributed by atoms with Gasteiger partial charge in [0.15, 0.2) is 0 Å². The van der Waals surface area contributed by atoms with Crippen LogP contribution in [0.25, 0.3) is 11.1 Å². The predicted octanol–water partition coefficient (Wildman–Crippen LogP) is 9.25. The molecule has 0 N–H and O–H groups in total. The van der Waals surface area contributed by atoms with E-state index in [4.69, 9.17) is 0 Å². The topological polar surface area (TPSA) is 0 Å². The molecule has 0 heterocycles. The van der Waals surface area contributed by atoms with Gasteiger partial charge in [0.1, 0.15) is 0 Å². The molecule has 0 saturated heterocycles. The van der Waals surface area contributed by atoms with Gasteiger partial charge in [0.05, 0.1) is 0 Å². The van der Waals surface area contributed by atoms with Crippen molar-refractivity contribution in [3.63, 3.8) is 0 Å². The molecule has 0 spiro atoms. The molecule has 0 atom stereocenters. The smallest absolute Gasteiger partial charge is 0.171 e. The molecule has 2 aliphatic rings. The molecule has 0 amide bonds. The van der Waals surface area contributed by atoms with Gasteiger partial charge < -0.3 is 0 Å². The quantitative estimate of drug-likeness (QED) is 0.177. The molecule has 0 fully saturated rings. The number of benzene rings is 3. The Morgan fingerprint density at radius 3 is 1.86 bits per heavy atom. The van der Waals surface area contributed by atoms with Gasteiger partial charge in [-0.25, -0.2) is 12.2 Å². The molecule has 0 saturated carbocycles. The van der Waals surface area contributed by atoms with E-state index in [0.717, 1.165) is 12.8 Å². The van der Waals surface area contributed by atoms with Gasteiger partial charge in [-0.2, -0.15) is 66.2 Å². The number of allylic oxidation sites excluding steroid dienone is 4. The molecule has 0 nitrogen and oxygen atoms in total. The molecule has 192 valence electrons. The minimum atomic E-state index is 0. The summed E-state index contributed by atoms with van der Waals surface area (Å²) >= 11 is 1.30. The van der Waals surface area contributed by atoms with Crippen molar-refractivity contribution in [2.24, 2.45) is 0 Å². The molecule has 0 aromatic heterocycles. The van der Waals surface area contributed by atoms with E-state index in [1.165, 1.54) is 57.6 Å². The van der Waals surface area contributed by atoms with Crippen molar-refractivity contribution in [1.29, 1.82) is 0 Å². The van der Waals surface area contributed by atoms with Crippen LogP contribution >= 0.6 is 24.8 Å². The fourth-order valence-corrected chi connectivity index (χ4v) is 3.71. The summed E-state index contributed by atoms with van der Waals surface area (Å²) in [5, 5.41) is 0. The standard InChI is InChI=1S/C21H25.C6H5.C5H5.CH2.2ClH.Zr/c1-20(2,3)16-7-9-18-14(12-16)11-15-13-17(21(4,5)6)8-10-19(15)18;1-2-4-6-5-3-1;1-2-4-5-3-1;;;;/h7-10,12H,11H2,1-6H3;1-5H;1-3H,4H2;1H2;2*1H;/q3*-1;;;;. The molecule has 2 aliphatic carbocycles. The largest absolute Gasteiger partial charge is 0.184 e. The van der Waals surface area contributed by atoms with E-state index in [-0.39, 0.29) is 35.6 Å². The average molecular weight is 598 g/mol. The zero-order chi connectivity index (χ0) is 25.2. The van der Waals surface area contributed by atoms with Gasteiger partial charge in [-0.1, -0.05) is 65.3 Å². The molecule has 0 unspecified atom stereocenters. The molecule has 5 rings (SSSR count). The molecule has 0 radical (unpaired) electrons. The van der Waals surface area contributed by atoms with E-state index in [2.05, 4.69) is 100 Å². The third-order valence-electron chi connectivity index (χ3n) is 5.66. The maximum Gasteiger partial charge on any atom is -0.171 e. The summed E-state index contributed by atoms with van der Waals surface area (Å²) in [7, 11) is 0. The first-order valence-electron chi connectivity index (χ1n) is 11.8. The molecular formula is C33H39Cl2Zr-3. The second-order valence-electron chi connectivity index (χ2n) is 10.4. The molecular weight excluding hydrogens is 558 g/mol. The fraction of sp³-hybridized carbons (Fsp3) is 0.303. The van der Waals surface area contributed by atoms with Crippen LogP contribution in [-0.2, 0) is 41.5 Å². The zero-order valence-corrected chi connectivity index (χ0v) is 26.5. The maximum absolute atomic E-state index is 3.67. The minimum Gasteiger partial charge on any atom is -0.184 e. The van der Waals surface area contributed by atoms with Crippen LogP contribution in [0.2, 0.25) is 0 Å². The summed E-state index contributed by atoms with van der Waals surface area (Å²) in [5.74, 6) is 0. The number of hydrogen-bond acceptors (Lipinski definition) is 0. The monoisotopic (exact) mass is 595 g/mol. The van der Waals surface area contributed by atoms with Gasteiger partial charge in [-0.05, 0) is 28.4 Å². The summed E-state index contributed by atoms with van der Waals surface area (Å²) in [5.41, 5.74) is 8.70. The van der Waals surface area contributed by atoms with Crippen LogP contribution < -0.4 is 0 Å². The van der Waals surface area contributed by atoms with Crippen molar-refractivity contribution in [3.8, 4) is 11.1 Å². The van der Waals surface area contributed by atoms with Crippen molar-refractivity contribution < 1.29 is 24.2 Å². The van der Waals surface area contributed by atoms with Crippen molar-refractivity contribution in [2.45, 2.75) is 65.2 Å². The molecule has 3 aromatic carbocycles. The van der Waals surface area contributed by atoms with E-state index in [9.17, 15) is 0 Å². The van der Waals surface area contributed by atoms with Crippen LogP contribution in [-0.4, -0.2) is 4.21 Å². The minimum absolute atomic E-state index is 0. The summed E-state index contributed by atoms with van der Waals surface area (Å²) in [6.07, 6.45) is 11.0. The SMILES string of the molecule is CC(C)(C)c1[c-]c2c(cc1)-c1ccc(C(C)(C)C)cc1C2.Cl.Cl.[C-]1=CC=CC1.[CH2]=[Zr].[c-]1ccccc1. The van der Waals surface area contributed by atoms with Crippen LogP contribution in [0.5, 0.6) is 0 Å². The average Bonchev–Trinajstić information content (AvgIpc) is 3.51. The Balaban J connectivity index is 0.000000673. The zero-order valence-electron chi connectivity index (χ0n) is 22.4. The van der Waals surface area contributed by atoms with Crippen LogP contribution in [0.3, 0.4) is 0 Å². The first kappa shape index (κ1) is 34.5. The second-order valence-corrected chi connectivity index (χ2v) is 10.4. The molecule has 3 heteroatoms. The fourth-order valence-electron chi connectivity index (χ4n) is 3.71. The predicted molar refractivity (Wildman–Crippen MR) is 159 cm³/mol. The van der Waals surface area contributed by atoms with E-state index in [1.54, 1.807) is 0 Å². The normalized spacial score (nSPS) is 12.0. The number of fused-ring (bicyclic) bond motifs is 3. The van der Waals surface area contributed by atoms with E-state index >= 15 is 0 Å². The van der Waals surface area contributed by atoms with Gasteiger partial charge in [-0.15, -0.1) is 42.4 Å². The van der Waals surface area contributed by atoms with Gasteiger partial charge in [0, 0.05) is 0 Å². The summed E-state index contributed by atoms with van der Waals surface area (Å²) in [4.78, 5) is 0. The Hall–Kier alpha value is -1.53. The Labute approximate surface area is 247 Å². The first-order chi connectivity index (χ1) is 16.2. The van der Waals surface area contributed by atoms with Crippen molar-refractivity contribution in [3.05, 3.63) is 119 Å². The van der Waals surface area contributed by atoms with Crippen molar-refractivity contribution in [1.82, 2.24) is 0 Å². The van der Waals surface area contributed by atoms with E-state index < -0.39 is 0 Å². The summed E-state index contributed by atoms with van der Waals surface area (Å²) in [6.45, 7) is 13.6. The molecule has 36 heavy (non-hydrogen) atoms. The van der Waals surface area contributed by atoms with Crippen LogP contribution in [0.4, 0.5) is 0 Å². The van der Waals surface area contributed by atoms with Gasteiger partial charge in [0.2, 0.25) is 0 Å². The maximum atomic E-state index is 3.67. The molecule has 3 aromatic rings. The third kappa shape index (κ3) is 10.5. The van der Waals surface area contributed by atoms with Crippen LogP contribution in [0.15, 0.2) is 78.9 Å².